The highest BCUT2D eigenvalue weighted by atomic mass is 32.2. The predicted octanol–water partition coefficient (Wildman–Crippen LogP) is 0.841. The number of hydrogen-bond donors (Lipinski definition) is 0. The highest BCUT2D eigenvalue weighted by molar-refractivity contribution is 7.89. The maximum absolute atomic E-state index is 12.2. The Morgan fingerprint density at radius 2 is 2.00 bits per heavy atom. The fourth-order valence-electron chi connectivity index (χ4n) is 1.89. The maximum Gasteiger partial charge on any atom is 0.262 e. The molecule has 0 N–H and O–H groups in total. The third-order valence-electron chi connectivity index (χ3n) is 3.04. The van der Waals surface area contributed by atoms with Gasteiger partial charge >= 0.3 is 0 Å². The van der Waals surface area contributed by atoms with Gasteiger partial charge in [0.05, 0.1) is 0 Å². The van der Waals surface area contributed by atoms with Gasteiger partial charge in [0, 0.05) is 26.3 Å². The van der Waals surface area contributed by atoms with Crippen LogP contribution in [0.3, 0.4) is 0 Å². The van der Waals surface area contributed by atoms with Gasteiger partial charge in [-0.3, -0.25) is 4.68 Å². The fraction of sp³-hybridized carbons (Fsp3) is 0.700. The molecule has 0 unspecified atom stereocenters. The van der Waals surface area contributed by atoms with Gasteiger partial charge in [-0.25, -0.2) is 8.42 Å². The zero-order valence-corrected chi connectivity index (χ0v) is 10.4. The molecule has 1 aliphatic rings. The van der Waals surface area contributed by atoms with Gasteiger partial charge in [0.25, 0.3) is 10.0 Å². The summed E-state index contributed by atoms with van der Waals surface area (Å²) in [4.78, 5) is 0. The van der Waals surface area contributed by atoms with E-state index in [1.54, 1.807) is 19.3 Å². The van der Waals surface area contributed by atoms with Crippen LogP contribution in [0.5, 0.6) is 0 Å². The lowest BCUT2D eigenvalue weighted by molar-refractivity contribution is 0.287. The molecule has 1 aromatic heterocycles. The van der Waals surface area contributed by atoms with Crippen LogP contribution in [0.1, 0.15) is 19.8 Å². The molecule has 1 aliphatic heterocycles. The number of hydrogen-bond acceptors (Lipinski definition) is 3. The average molecular weight is 243 g/mol. The maximum atomic E-state index is 12.2. The van der Waals surface area contributed by atoms with Crippen LogP contribution >= 0.6 is 0 Å². The number of piperidine rings is 1. The van der Waals surface area contributed by atoms with E-state index >= 15 is 0 Å². The Bertz CT molecular complexity index is 458. The van der Waals surface area contributed by atoms with Crippen LogP contribution < -0.4 is 0 Å². The molecule has 1 aromatic rings. The summed E-state index contributed by atoms with van der Waals surface area (Å²) in [5, 5.41) is 4.12. The van der Waals surface area contributed by atoms with Crippen molar-refractivity contribution in [3.63, 3.8) is 0 Å². The third kappa shape index (κ3) is 2.12. The van der Waals surface area contributed by atoms with Crippen molar-refractivity contribution < 1.29 is 8.42 Å². The van der Waals surface area contributed by atoms with Gasteiger partial charge in [-0.2, -0.15) is 9.40 Å². The van der Waals surface area contributed by atoms with Crippen LogP contribution in [0.25, 0.3) is 0 Å². The van der Waals surface area contributed by atoms with Crippen LogP contribution in [0.4, 0.5) is 0 Å². The minimum absolute atomic E-state index is 0.157. The Hall–Kier alpha value is -0.880. The molecule has 90 valence electrons. The first-order chi connectivity index (χ1) is 7.50. The quantitative estimate of drug-likeness (QED) is 0.773. The summed E-state index contributed by atoms with van der Waals surface area (Å²) in [5.41, 5.74) is 0. The number of aryl methyl sites for hydroxylation is 1. The topological polar surface area (TPSA) is 55.2 Å². The molecule has 0 bridgehead atoms. The van der Waals surface area contributed by atoms with Crippen molar-refractivity contribution in [3.05, 3.63) is 12.3 Å². The molecule has 2 rings (SSSR count). The monoisotopic (exact) mass is 243 g/mol. The first-order valence-corrected chi connectivity index (χ1v) is 6.94. The van der Waals surface area contributed by atoms with E-state index < -0.39 is 10.0 Å². The largest absolute Gasteiger partial charge is 0.274 e. The average Bonchev–Trinajstić information content (AvgIpc) is 2.66. The first-order valence-electron chi connectivity index (χ1n) is 5.50. The molecule has 2 heterocycles. The van der Waals surface area contributed by atoms with Crippen LogP contribution in [-0.2, 0) is 17.1 Å². The van der Waals surface area contributed by atoms with Gasteiger partial charge in [-0.15, -0.1) is 0 Å². The molecule has 0 spiro atoms. The Labute approximate surface area is 96.1 Å². The van der Waals surface area contributed by atoms with Crippen molar-refractivity contribution in [2.75, 3.05) is 13.1 Å². The van der Waals surface area contributed by atoms with Crippen molar-refractivity contribution in [3.8, 4) is 0 Å². The molecule has 0 aliphatic carbocycles. The second-order valence-corrected chi connectivity index (χ2v) is 6.30. The summed E-state index contributed by atoms with van der Waals surface area (Å²) >= 11 is 0. The molecular formula is C10H17N3O2S. The summed E-state index contributed by atoms with van der Waals surface area (Å²) in [6.45, 7) is 3.38. The molecule has 0 amide bonds. The molecule has 0 saturated carbocycles. The molecule has 0 radical (unpaired) electrons. The van der Waals surface area contributed by atoms with Crippen molar-refractivity contribution in [2.24, 2.45) is 13.0 Å². The van der Waals surface area contributed by atoms with Crippen molar-refractivity contribution in [1.29, 1.82) is 0 Å². The van der Waals surface area contributed by atoms with E-state index in [1.165, 1.54) is 8.99 Å². The Kier molecular flexibility index (Phi) is 3.03. The molecule has 1 saturated heterocycles. The van der Waals surface area contributed by atoms with Crippen LogP contribution in [0, 0.1) is 5.92 Å². The second kappa shape index (κ2) is 4.18. The first kappa shape index (κ1) is 11.6. The van der Waals surface area contributed by atoms with Gasteiger partial charge in [0.2, 0.25) is 0 Å². The number of sulfonamides is 1. The molecule has 5 nitrogen and oxygen atoms in total. The van der Waals surface area contributed by atoms with E-state index in [2.05, 4.69) is 12.0 Å². The van der Waals surface area contributed by atoms with Crippen LogP contribution in [0.2, 0.25) is 0 Å². The van der Waals surface area contributed by atoms with E-state index in [4.69, 9.17) is 0 Å². The number of aromatic nitrogens is 2. The van der Waals surface area contributed by atoms with Gasteiger partial charge < -0.3 is 0 Å². The minimum Gasteiger partial charge on any atom is -0.274 e. The molecule has 0 aromatic carbocycles. The number of nitrogens with zero attached hydrogens (tertiary/aromatic N) is 3. The molecule has 0 atom stereocenters. The summed E-state index contributed by atoms with van der Waals surface area (Å²) in [6, 6.07) is 1.55. The molecule has 1 fully saturated rings. The lowest BCUT2D eigenvalue weighted by Crippen LogP contribution is -2.38. The van der Waals surface area contributed by atoms with Gasteiger partial charge in [-0.1, -0.05) is 6.92 Å². The smallest absolute Gasteiger partial charge is 0.262 e. The Balaban J connectivity index is 2.20. The van der Waals surface area contributed by atoms with Gasteiger partial charge in [0.15, 0.2) is 5.03 Å². The van der Waals surface area contributed by atoms with Gasteiger partial charge in [-0.05, 0) is 24.8 Å². The highest BCUT2D eigenvalue weighted by Gasteiger charge is 2.29. The van der Waals surface area contributed by atoms with E-state index in [1.807, 2.05) is 0 Å². The second-order valence-electron chi connectivity index (χ2n) is 4.41. The van der Waals surface area contributed by atoms with E-state index in [9.17, 15) is 8.42 Å². The van der Waals surface area contributed by atoms with Crippen molar-refractivity contribution in [1.82, 2.24) is 14.1 Å². The normalized spacial score (nSPS) is 20.1. The number of rotatable bonds is 2. The van der Waals surface area contributed by atoms with Crippen LogP contribution in [-0.4, -0.2) is 35.6 Å². The SMILES string of the molecule is CC1CCN(S(=O)(=O)c2ccn(C)n2)CC1. The summed E-state index contributed by atoms with van der Waals surface area (Å²) in [7, 11) is -1.64. The minimum atomic E-state index is -3.36. The summed E-state index contributed by atoms with van der Waals surface area (Å²) in [6.07, 6.45) is 3.53. The Morgan fingerprint density at radius 1 is 1.38 bits per heavy atom. The predicted molar refractivity (Wildman–Crippen MR) is 60.4 cm³/mol. The summed E-state index contributed by atoms with van der Waals surface area (Å²) < 4.78 is 27.4. The van der Waals surface area contributed by atoms with Crippen LogP contribution in [0.15, 0.2) is 17.3 Å². The van der Waals surface area contributed by atoms with E-state index in [0.717, 1.165) is 12.8 Å². The zero-order valence-electron chi connectivity index (χ0n) is 9.63. The molecule has 6 heteroatoms. The fourth-order valence-corrected chi connectivity index (χ4v) is 3.31. The lowest BCUT2D eigenvalue weighted by Gasteiger charge is -2.28. The standard InChI is InChI=1S/C10H17N3O2S/c1-9-3-7-13(8-4-9)16(14,15)10-5-6-12(2)11-10/h5-6,9H,3-4,7-8H2,1-2H3. The summed E-state index contributed by atoms with van der Waals surface area (Å²) in [5.74, 6) is 0.621. The van der Waals surface area contributed by atoms with E-state index in [0.29, 0.717) is 19.0 Å². The van der Waals surface area contributed by atoms with Crippen molar-refractivity contribution in [2.45, 2.75) is 24.8 Å². The Morgan fingerprint density at radius 3 is 2.50 bits per heavy atom. The lowest BCUT2D eigenvalue weighted by atomic mass is 10.0. The highest BCUT2D eigenvalue weighted by Crippen LogP contribution is 2.22. The van der Waals surface area contributed by atoms with Crippen molar-refractivity contribution >= 4 is 10.0 Å². The van der Waals surface area contributed by atoms with E-state index in [-0.39, 0.29) is 5.03 Å². The molecule has 16 heavy (non-hydrogen) atoms. The third-order valence-corrected chi connectivity index (χ3v) is 4.83. The molecular weight excluding hydrogens is 226 g/mol. The zero-order chi connectivity index (χ0) is 11.8. The van der Waals surface area contributed by atoms with Gasteiger partial charge in [0.1, 0.15) is 0 Å².